The highest BCUT2D eigenvalue weighted by Crippen LogP contribution is 2.11. The predicted molar refractivity (Wildman–Crippen MR) is 102 cm³/mol. The molecule has 0 fully saturated rings. The minimum absolute atomic E-state index is 0.106. The number of aliphatic imine (C=N–C) groups is 1. The van der Waals surface area contributed by atoms with E-state index in [1.807, 2.05) is 24.3 Å². The number of nitrogens with two attached hydrogens (primary N) is 1. The summed E-state index contributed by atoms with van der Waals surface area (Å²) < 4.78 is 1.58. The molecule has 0 atom stereocenters. The Morgan fingerprint density at radius 3 is 2.85 bits per heavy atom. The fourth-order valence-corrected chi connectivity index (χ4v) is 2.52. The topological polar surface area (TPSA) is 106 Å². The Bertz CT molecular complexity index is 827. The summed E-state index contributed by atoms with van der Waals surface area (Å²) in [5, 5.41) is 11.5. The van der Waals surface area contributed by atoms with E-state index < -0.39 is 0 Å². The summed E-state index contributed by atoms with van der Waals surface area (Å²) in [6, 6.07) is 9.35. The largest absolute Gasteiger partial charge is 0.396 e. The van der Waals surface area contributed by atoms with Crippen LogP contribution in [-0.2, 0) is 24.3 Å². The normalized spacial score (nSPS) is 11.6. The van der Waals surface area contributed by atoms with Gasteiger partial charge in [-0.25, -0.2) is 4.99 Å². The lowest BCUT2D eigenvalue weighted by Crippen LogP contribution is -2.17. The number of rotatable bonds is 8. The third kappa shape index (κ3) is 5.93. The summed E-state index contributed by atoms with van der Waals surface area (Å²) in [4.78, 5) is 21.3. The van der Waals surface area contributed by atoms with Gasteiger partial charge in [-0.3, -0.25) is 9.48 Å². The Morgan fingerprint density at radius 2 is 2.15 bits per heavy atom. The van der Waals surface area contributed by atoms with Crippen LogP contribution in [0.4, 0.5) is 0 Å². The summed E-state index contributed by atoms with van der Waals surface area (Å²) in [6.07, 6.45) is 3.96. The van der Waals surface area contributed by atoms with Crippen molar-refractivity contribution in [3.05, 3.63) is 63.6 Å². The van der Waals surface area contributed by atoms with E-state index >= 15 is 0 Å². The molecule has 0 saturated heterocycles. The summed E-state index contributed by atoms with van der Waals surface area (Å²) in [6.45, 7) is 4.97. The van der Waals surface area contributed by atoms with Crippen molar-refractivity contribution in [1.29, 1.82) is 5.41 Å². The van der Waals surface area contributed by atoms with Gasteiger partial charge in [-0.15, -0.1) is 0 Å². The molecule has 7 nitrogen and oxygen atoms in total. The lowest BCUT2D eigenvalue weighted by molar-refractivity contribution is 0.302. The van der Waals surface area contributed by atoms with Crippen molar-refractivity contribution in [1.82, 2.24) is 9.78 Å². The van der Waals surface area contributed by atoms with E-state index in [4.69, 9.17) is 16.1 Å². The van der Waals surface area contributed by atoms with E-state index in [1.165, 1.54) is 12.3 Å². The Balaban J connectivity index is 2.14. The molecule has 26 heavy (non-hydrogen) atoms. The molecule has 7 heteroatoms. The van der Waals surface area contributed by atoms with Crippen molar-refractivity contribution in [2.24, 2.45) is 16.8 Å². The van der Waals surface area contributed by atoms with E-state index in [2.05, 4.69) is 23.9 Å². The first-order chi connectivity index (χ1) is 12.5. The van der Waals surface area contributed by atoms with Crippen LogP contribution in [0, 0.1) is 11.3 Å². The van der Waals surface area contributed by atoms with Gasteiger partial charge >= 0.3 is 0 Å². The van der Waals surface area contributed by atoms with Gasteiger partial charge < -0.3 is 10.2 Å². The fourth-order valence-electron chi connectivity index (χ4n) is 2.52. The number of aromatic nitrogens is 2. The van der Waals surface area contributed by atoms with Crippen LogP contribution in [0.2, 0.25) is 0 Å². The van der Waals surface area contributed by atoms with E-state index in [0.717, 1.165) is 11.1 Å². The molecule has 3 N–H and O–H groups in total. The molecule has 2 aromatic rings. The molecule has 0 saturated carbocycles. The highest BCUT2D eigenvalue weighted by Gasteiger charge is 2.06. The molecule has 138 valence electrons. The maximum atomic E-state index is 12.0. The quantitative estimate of drug-likeness (QED) is 0.430. The highest BCUT2D eigenvalue weighted by molar-refractivity contribution is 5.75. The summed E-state index contributed by atoms with van der Waals surface area (Å²) in [5.41, 5.74) is 2.34. The van der Waals surface area contributed by atoms with Crippen LogP contribution in [0.25, 0.3) is 0 Å². The summed E-state index contributed by atoms with van der Waals surface area (Å²) in [5.74, 6) is 6.23. The molecule has 0 spiro atoms. The minimum Gasteiger partial charge on any atom is -0.396 e. The molecule has 1 aromatic carbocycles. The summed E-state index contributed by atoms with van der Waals surface area (Å²) >= 11 is 0. The van der Waals surface area contributed by atoms with Crippen LogP contribution in [-0.4, -0.2) is 21.9 Å². The Labute approximate surface area is 153 Å². The minimum atomic E-state index is -0.106. The van der Waals surface area contributed by atoms with Gasteiger partial charge in [0.25, 0.3) is 0 Å². The van der Waals surface area contributed by atoms with E-state index in [0.29, 0.717) is 43.4 Å². The second-order valence-electron chi connectivity index (χ2n) is 6.48. The lowest BCUT2D eigenvalue weighted by atomic mass is 10.1. The van der Waals surface area contributed by atoms with Crippen LogP contribution in [0.15, 0.2) is 46.3 Å². The zero-order chi connectivity index (χ0) is 18.9. The first kappa shape index (κ1) is 19.5. The molecular weight excluding hydrogens is 330 g/mol. The second-order valence-corrected chi connectivity index (χ2v) is 6.48. The van der Waals surface area contributed by atoms with Gasteiger partial charge in [0.05, 0.1) is 13.1 Å². The van der Waals surface area contributed by atoms with Crippen LogP contribution in [0.3, 0.4) is 0 Å². The SMILES string of the molecule is CC(C)CC(=NCc1cccc(Cc2nn(CC=N)ccc2=O)c1)ON. The third-order valence-electron chi connectivity index (χ3n) is 3.73. The third-order valence-corrected chi connectivity index (χ3v) is 3.73. The second kappa shape index (κ2) is 9.62. The van der Waals surface area contributed by atoms with Gasteiger partial charge in [-0.05, 0) is 17.0 Å². The molecule has 0 aliphatic rings. The number of hydrogen-bond donors (Lipinski definition) is 2. The van der Waals surface area contributed by atoms with Crippen molar-refractivity contribution in [2.45, 2.75) is 39.8 Å². The van der Waals surface area contributed by atoms with Gasteiger partial charge in [-0.1, -0.05) is 38.1 Å². The molecule has 0 bridgehead atoms. The molecule has 0 radical (unpaired) electrons. The maximum absolute atomic E-state index is 12.0. The molecule has 0 aliphatic carbocycles. The van der Waals surface area contributed by atoms with Gasteiger partial charge in [0.2, 0.25) is 11.3 Å². The van der Waals surface area contributed by atoms with Gasteiger partial charge in [0.1, 0.15) is 5.69 Å². The standard InChI is InChI=1S/C19H25N5O2/c1-14(2)10-19(26-21)22-13-16-5-3-4-15(11-16)12-17-18(25)6-8-24(23-17)9-7-20/h3-8,11,14,20H,9-10,12-13,21H2,1-2H3. The molecular formula is C19H25N5O2. The predicted octanol–water partition coefficient (Wildman–Crippen LogP) is 2.32. The van der Waals surface area contributed by atoms with Crippen molar-refractivity contribution < 1.29 is 4.84 Å². The van der Waals surface area contributed by atoms with Gasteiger partial charge in [0, 0.05) is 31.3 Å². The average Bonchev–Trinajstić information content (AvgIpc) is 2.62. The van der Waals surface area contributed by atoms with Crippen LogP contribution < -0.4 is 11.3 Å². The first-order valence-electron chi connectivity index (χ1n) is 8.55. The van der Waals surface area contributed by atoms with Gasteiger partial charge in [-0.2, -0.15) is 11.0 Å². The molecule has 2 rings (SSSR count). The van der Waals surface area contributed by atoms with E-state index in [9.17, 15) is 4.79 Å². The Hall–Kier alpha value is -2.80. The Morgan fingerprint density at radius 1 is 1.38 bits per heavy atom. The number of hydrogen-bond acceptors (Lipinski definition) is 6. The van der Waals surface area contributed by atoms with Crippen LogP contribution in [0.5, 0.6) is 0 Å². The lowest BCUT2D eigenvalue weighted by Gasteiger charge is -2.08. The van der Waals surface area contributed by atoms with Crippen molar-refractivity contribution in [3.8, 4) is 0 Å². The molecule has 0 amide bonds. The zero-order valence-electron chi connectivity index (χ0n) is 15.2. The van der Waals surface area contributed by atoms with Crippen molar-refractivity contribution >= 4 is 12.1 Å². The molecule has 0 unspecified atom stereocenters. The maximum Gasteiger partial charge on any atom is 0.209 e. The van der Waals surface area contributed by atoms with Crippen LogP contribution >= 0.6 is 0 Å². The Kier molecular flexibility index (Phi) is 7.23. The number of nitrogens with zero attached hydrogens (tertiary/aromatic N) is 3. The highest BCUT2D eigenvalue weighted by atomic mass is 16.6. The number of benzene rings is 1. The molecule has 1 aromatic heterocycles. The van der Waals surface area contributed by atoms with Crippen LogP contribution in [0.1, 0.15) is 37.1 Å². The fraction of sp³-hybridized carbons (Fsp3) is 0.368. The van der Waals surface area contributed by atoms with E-state index in [1.54, 1.807) is 10.9 Å². The monoisotopic (exact) mass is 355 g/mol. The van der Waals surface area contributed by atoms with E-state index in [-0.39, 0.29) is 5.43 Å². The molecule has 1 heterocycles. The first-order valence-corrected chi connectivity index (χ1v) is 8.55. The smallest absolute Gasteiger partial charge is 0.209 e. The van der Waals surface area contributed by atoms with Crippen molar-refractivity contribution in [3.63, 3.8) is 0 Å². The number of nitrogens with one attached hydrogen (secondary N) is 1. The zero-order valence-corrected chi connectivity index (χ0v) is 15.2. The van der Waals surface area contributed by atoms with Crippen molar-refractivity contribution in [2.75, 3.05) is 0 Å². The van der Waals surface area contributed by atoms with Gasteiger partial charge in [0.15, 0.2) is 0 Å². The molecule has 0 aliphatic heterocycles. The average molecular weight is 355 g/mol. The summed E-state index contributed by atoms with van der Waals surface area (Å²) in [7, 11) is 0.